The van der Waals surface area contributed by atoms with Gasteiger partial charge in [-0.15, -0.1) is 0 Å². The largest absolute Gasteiger partial charge is 0.488 e. The predicted octanol–water partition coefficient (Wildman–Crippen LogP) is 4.39. The number of hydrogen-bond donors (Lipinski definition) is 2. The van der Waals surface area contributed by atoms with Crippen molar-refractivity contribution in [2.75, 3.05) is 6.54 Å². The molecular weight excluding hydrogens is 464 g/mol. The second-order valence-electron chi connectivity index (χ2n) is 6.04. The molecule has 0 aliphatic rings. The van der Waals surface area contributed by atoms with E-state index in [0.717, 1.165) is 14.7 Å². The maximum absolute atomic E-state index is 14.1. The van der Waals surface area contributed by atoms with E-state index in [-0.39, 0.29) is 18.5 Å². The maximum Gasteiger partial charge on any atom is 0.407 e. The number of rotatable bonds is 7. The number of benzene rings is 2. The number of aromatic amines is 1. The van der Waals surface area contributed by atoms with E-state index in [1.54, 1.807) is 6.07 Å². The molecule has 3 aromatic rings. The lowest BCUT2D eigenvalue weighted by atomic mass is 10.2. The van der Waals surface area contributed by atoms with E-state index in [2.05, 4.69) is 38.1 Å². The lowest BCUT2D eigenvalue weighted by molar-refractivity contribution is 0.137. The molecule has 8 heteroatoms. The number of hydrogen-bond acceptors (Lipinski definition) is 4. The Hall–Kier alpha value is -2.36. The van der Waals surface area contributed by atoms with Crippen molar-refractivity contribution in [3.05, 3.63) is 57.5 Å². The summed E-state index contributed by atoms with van der Waals surface area (Å²) in [5.74, 6) is -0.298. The summed E-state index contributed by atoms with van der Waals surface area (Å²) in [6.07, 6.45) is -0.261. The van der Waals surface area contributed by atoms with Crippen LogP contribution in [0.25, 0.3) is 10.9 Å². The molecule has 1 aromatic heterocycles. The third-order valence-electron chi connectivity index (χ3n) is 3.92. The molecule has 0 saturated heterocycles. The summed E-state index contributed by atoms with van der Waals surface area (Å²) in [7, 11) is 0. The smallest absolute Gasteiger partial charge is 0.407 e. The van der Waals surface area contributed by atoms with E-state index in [1.807, 2.05) is 37.3 Å². The minimum atomic E-state index is -0.494. The zero-order chi connectivity index (χ0) is 19.2. The van der Waals surface area contributed by atoms with Crippen LogP contribution < -0.4 is 10.1 Å². The molecule has 27 heavy (non-hydrogen) atoms. The van der Waals surface area contributed by atoms with Gasteiger partial charge in [-0.3, -0.25) is 5.10 Å². The highest BCUT2D eigenvalue weighted by Crippen LogP contribution is 2.27. The van der Waals surface area contributed by atoms with Crippen molar-refractivity contribution < 1.29 is 18.7 Å². The second kappa shape index (κ2) is 9.03. The molecule has 0 spiro atoms. The number of H-pyrrole nitrogens is 1. The normalized spacial score (nSPS) is 12.0. The molecule has 0 saturated carbocycles. The van der Waals surface area contributed by atoms with E-state index in [0.29, 0.717) is 18.5 Å². The molecule has 0 unspecified atom stereocenters. The first-order valence-electron chi connectivity index (χ1n) is 8.47. The van der Waals surface area contributed by atoms with Gasteiger partial charge in [0, 0.05) is 24.4 Å². The van der Waals surface area contributed by atoms with Crippen LogP contribution in [0, 0.1) is 9.52 Å². The molecule has 0 fully saturated rings. The molecule has 0 radical (unpaired) electrons. The van der Waals surface area contributed by atoms with Gasteiger partial charge >= 0.3 is 6.09 Å². The maximum atomic E-state index is 14.1. The van der Waals surface area contributed by atoms with Crippen LogP contribution in [0.4, 0.5) is 9.18 Å². The van der Waals surface area contributed by atoms with Gasteiger partial charge in [-0.2, -0.15) is 5.10 Å². The van der Waals surface area contributed by atoms with Gasteiger partial charge in [0.1, 0.15) is 10.3 Å². The third-order valence-corrected chi connectivity index (χ3v) is 4.74. The molecule has 6 nitrogen and oxygen atoms in total. The van der Waals surface area contributed by atoms with E-state index in [1.165, 1.54) is 6.07 Å². The first kappa shape index (κ1) is 19.4. The fourth-order valence-corrected chi connectivity index (χ4v) is 3.05. The molecule has 2 aromatic carbocycles. The van der Waals surface area contributed by atoms with Crippen molar-refractivity contribution in [2.45, 2.75) is 26.1 Å². The number of fused-ring (bicyclic) bond motifs is 1. The van der Waals surface area contributed by atoms with Crippen molar-refractivity contribution in [3.8, 4) is 5.75 Å². The molecule has 1 amide bonds. The zero-order valence-electron chi connectivity index (χ0n) is 14.7. The lowest BCUT2D eigenvalue weighted by Gasteiger charge is -2.15. The molecule has 1 atom stereocenters. The van der Waals surface area contributed by atoms with Gasteiger partial charge in [0.2, 0.25) is 0 Å². The van der Waals surface area contributed by atoms with E-state index < -0.39 is 11.9 Å². The SMILES string of the molecule is C[C@H](CCNC(=O)OCc1ccccc1)Oc1cc2c(I)[nH]nc2cc1F. The van der Waals surface area contributed by atoms with Gasteiger partial charge in [0.15, 0.2) is 11.6 Å². The predicted molar refractivity (Wildman–Crippen MR) is 108 cm³/mol. The van der Waals surface area contributed by atoms with Crippen molar-refractivity contribution in [1.82, 2.24) is 15.5 Å². The average Bonchev–Trinajstić information content (AvgIpc) is 3.01. The summed E-state index contributed by atoms with van der Waals surface area (Å²) >= 11 is 2.10. The van der Waals surface area contributed by atoms with E-state index in [9.17, 15) is 9.18 Å². The minimum absolute atomic E-state index is 0.168. The monoisotopic (exact) mass is 483 g/mol. The quantitative estimate of drug-likeness (QED) is 0.489. The highest BCUT2D eigenvalue weighted by atomic mass is 127. The summed E-state index contributed by atoms with van der Waals surface area (Å²) in [5, 5.41) is 10.3. The molecule has 0 aliphatic heterocycles. The molecule has 2 N–H and O–H groups in total. The van der Waals surface area contributed by atoms with Crippen molar-refractivity contribution in [2.24, 2.45) is 0 Å². The van der Waals surface area contributed by atoms with Crippen LogP contribution in [0.3, 0.4) is 0 Å². The molecule has 142 valence electrons. The number of alkyl carbamates (subject to hydrolysis) is 1. The van der Waals surface area contributed by atoms with E-state index in [4.69, 9.17) is 9.47 Å². The summed E-state index contributed by atoms with van der Waals surface area (Å²) < 4.78 is 25.8. The van der Waals surface area contributed by atoms with Crippen LogP contribution >= 0.6 is 22.6 Å². The Morgan fingerprint density at radius 1 is 1.33 bits per heavy atom. The highest BCUT2D eigenvalue weighted by molar-refractivity contribution is 14.1. The number of carbonyl (C=O) groups excluding carboxylic acids is 1. The van der Waals surface area contributed by atoms with Crippen molar-refractivity contribution in [1.29, 1.82) is 0 Å². The lowest BCUT2D eigenvalue weighted by Crippen LogP contribution is -2.28. The van der Waals surface area contributed by atoms with Crippen LogP contribution in [0.5, 0.6) is 5.75 Å². The highest BCUT2D eigenvalue weighted by Gasteiger charge is 2.13. The number of halogens is 2. The van der Waals surface area contributed by atoms with Gasteiger partial charge in [-0.25, -0.2) is 9.18 Å². The third kappa shape index (κ3) is 5.31. The first-order chi connectivity index (χ1) is 13.0. The van der Waals surface area contributed by atoms with Crippen molar-refractivity contribution in [3.63, 3.8) is 0 Å². The van der Waals surface area contributed by atoms with Crippen LogP contribution in [0.1, 0.15) is 18.9 Å². The van der Waals surface area contributed by atoms with Gasteiger partial charge in [-0.05, 0) is 41.1 Å². The number of amides is 1. The van der Waals surface area contributed by atoms with Crippen molar-refractivity contribution >= 4 is 39.6 Å². The summed E-state index contributed by atoms with van der Waals surface area (Å²) in [6.45, 7) is 2.40. The minimum Gasteiger partial charge on any atom is -0.488 e. The van der Waals surface area contributed by atoms with Gasteiger partial charge in [0.25, 0.3) is 0 Å². The van der Waals surface area contributed by atoms with Crippen LogP contribution in [0.2, 0.25) is 0 Å². The zero-order valence-corrected chi connectivity index (χ0v) is 16.8. The van der Waals surface area contributed by atoms with Gasteiger partial charge in [-0.1, -0.05) is 30.3 Å². The Morgan fingerprint density at radius 3 is 2.89 bits per heavy atom. The molecule has 0 bridgehead atoms. The van der Waals surface area contributed by atoms with Gasteiger partial charge in [0.05, 0.1) is 11.6 Å². The number of nitrogens with zero attached hydrogens (tertiary/aromatic N) is 1. The topological polar surface area (TPSA) is 76.2 Å². The molecular formula is C19H19FIN3O3. The number of carbonyl (C=O) groups is 1. The fraction of sp³-hybridized carbons (Fsp3) is 0.263. The average molecular weight is 483 g/mol. The standard InChI is InChI=1S/C19H19FIN3O3/c1-12(7-8-22-19(25)26-11-13-5-3-2-4-6-13)27-17-9-14-16(10-15(17)20)23-24-18(14)21/h2-6,9-10,12H,7-8,11H2,1H3,(H,22,25)(H,23,24)/t12-/m1/s1. The molecule has 0 aliphatic carbocycles. The van der Waals surface area contributed by atoms with Gasteiger partial charge < -0.3 is 14.8 Å². The Balaban J connectivity index is 1.44. The summed E-state index contributed by atoms with van der Waals surface area (Å²) in [5.41, 5.74) is 1.48. The number of aromatic nitrogens is 2. The Labute approximate surface area is 169 Å². The number of nitrogens with one attached hydrogen (secondary N) is 2. The summed E-state index contributed by atoms with van der Waals surface area (Å²) in [6, 6.07) is 12.4. The van der Waals surface area contributed by atoms with Crippen LogP contribution in [0.15, 0.2) is 42.5 Å². The van der Waals surface area contributed by atoms with Crippen LogP contribution in [-0.2, 0) is 11.3 Å². The number of ether oxygens (including phenoxy) is 2. The Morgan fingerprint density at radius 2 is 2.11 bits per heavy atom. The molecule has 3 rings (SSSR count). The Bertz CT molecular complexity index is 917. The fourth-order valence-electron chi connectivity index (χ4n) is 2.50. The molecule has 1 heterocycles. The first-order valence-corrected chi connectivity index (χ1v) is 9.55. The Kier molecular flexibility index (Phi) is 6.49. The van der Waals surface area contributed by atoms with E-state index >= 15 is 0 Å². The van der Waals surface area contributed by atoms with Crippen LogP contribution in [-0.4, -0.2) is 28.9 Å². The second-order valence-corrected chi connectivity index (χ2v) is 7.12. The summed E-state index contributed by atoms with van der Waals surface area (Å²) in [4.78, 5) is 11.7.